The number of hydrogen-bond donors (Lipinski definition) is 1. The molecule has 0 spiro atoms. The molecule has 1 heterocycles. The zero-order valence-corrected chi connectivity index (χ0v) is 24.3. The van der Waals surface area contributed by atoms with E-state index in [1.165, 1.54) is 109 Å². The molecule has 8 heteroatoms. The Morgan fingerprint density at radius 1 is 0.865 bits per heavy atom. The van der Waals surface area contributed by atoms with Crippen molar-refractivity contribution in [3.8, 4) is 11.8 Å². The molecular formula is C29H51N2O5P. The lowest BCUT2D eigenvalue weighted by molar-refractivity contribution is 0.0877. The van der Waals surface area contributed by atoms with Crippen molar-refractivity contribution in [2.24, 2.45) is 0 Å². The van der Waals surface area contributed by atoms with Gasteiger partial charge in [-0.15, -0.1) is 0 Å². The number of phosphoric ester groups is 1. The topological polar surface area (TPSA) is 102 Å². The normalized spacial score (nSPS) is 13.7. The number of hydrogen-bond acceptors (Lipinski definition) is 6. The van der Waals surface area contributed by atoms with Crippen molar-refractivity contribution >= 4 is 7.82 Å². The summed E-state index contributed by atoms with van der Waals surface area (Å²) in [4.78, 5) is 13.5. The Morgan fingerprint density at radius 2 is 1.35 bits per heavy atom. The van der Waals surface area contributed by atoms with E-state index in [-0.39, 0.29) is 6.61 Å². The van der Waals surface area contributed by atoms with Crippen LogP contribution in [0, 0.1) is 11.3 Å². The van der Waals surface area contributed by atoms with E-state index in [1.54, 1.807) is 12.1 Å². The number of ether oxygens (including phenoxy) is 1. The zero-order chi connectivity index (χ0) is 27.0. The van der Waals surface area contributed by atoms with Gasteiger partial charge in [0.25, 0.3) is 0 Å². The van der Waals surface area contributed by atoms with Gasteiger partial charge in [-0.05, 0) is 25.0 Å². The van der Waals surface area contributed by atoms with E-state index in [4.69, 9.17) is 14.5 Å². The van der Waals surface area contributed by atoms with Crippen LogP contribution < -0.4 is 4.74 Å². The monoisotopic (exact) mass is 538 g/mol. The average molecular weight is 539 g/mol. The van der Waals surface area contributed by atoms with Crippen LogP contribution in [-0.2, 0) is 13.6 Å². The van der Waals surface area contributed by atoms with Gasteiger partial charge < -0.3 is 9.63 Å². The van der Waals surface area contributed by atoms with Crippen LogP contribution in [0.25, 0.3) is 0 Å². The van der Waals surface area contributed by atoms with E-state index in [9.17, 15) is 9.46 Å². The van der Waals surface area contributed by atoms with Gasteiger partial charge in [-0.2, -0.15) is 5.26 Å². The van der Waals surface area contributed by atoms with Crippen LogP contribution in [0.3, 0.4) is 0 Å². The van der Waals surface area contributed by atoms with Crippen molar-refractivity contribution in [2.45, 2.75) is 135 Å². The molecule has 0 aliphatic rings. The second kappa shape index (κ2) is 22.5. The molecule has 1 rings (SSSR count). The fourth-order valence-corrected chi connectivity index (χ4v) is 4.85. The molecule has 1 N–H and O–H groups in total. The van der Waals surface area contributed by atoms with Gasteiger partial charge in [0.1, 0.15) is 23.6 Å². The molecule has 0 saturated heterocycles. The van der Waals surface area contributed by atoms with Crippen LogP contribution >= 0.6 is 7.82 Å². The Bertz CT molecular complexity index is 754. The third-order valence-electron chi connectivity index (χ3n) is 6.69. The number of pyridine rings is 1. The van der Waals surface area contributed by atoms with E-state index in [2.05, 4.69) is 16.4 Å². The molecule has 1 aromatic rings. The van der Waals surface area contributed by atoms with Gasteiger partial charge in [-0.25, -0.2) is 9.55 Å². The second-order valence-corrected chi connectivity index (χ2v) is 11.5. The highest BCUT2D eigenvalue weighted by atomic mass is 31.2. The minimum absolute atomic E-state index is 0.0550. The minimum atomic E-state index is -4.06. The molecule has 2 atom stereocenters. The predicted molar refractivity (Wildman–Crippen MR) is 150 cm³/mol. The summed E-state index contributed by atoms with van der Waals surface area (Å²) in [5, 5.41) is 8.89. The molecule has 0 fully saturated rings. The zero-order valence-electron chi connectivity index (χ0n) is 23.4. The maximum absolute atomic E-state index is 11.7. The van der Waals surface area contributed by atoms with Gasteiger partial charge in [-0.3, -0.25) is 9.05 Å². The van der Waals surface area contributed by atoms with Crippen molar-refractivity contribution in [1.29, 1.82) is 5.26 Å². The van der Waals surface area contributed by atoms with E-state index >= 15 is 0 Å². The molecule has 1 aromatic heterocycles. The molecule has 0 bridgehead atoms. The first-order valence-electron chi connectivity index (χ1n) is 14.6. The number of nitriles is 1. The molecule has 212 valence electrons. The summed E-state index contributed by atoms with van der Waals surface area (Å²) in [7, 11) is -2.92. The Morgan fingerprint density at radius 3 is 1.76 bits per heavy atom. The fraction of sp³-hybridized carbons (Fsp3) is 0.793. The summed E-state index contributed by atoms with van der Waals surface area (Å²) >= 11 is 0. The molecule has 0 amide bonds. The highest BCUT2D eigenvalue weighted by Gasteiger charge is 2.22. The van der Waals surface area contributed by atoms with Gasteiger partial charge in [0, 0.05) is 7.11 Å². The largest absolute Gasteiger partial charge is 0.486 e. The average Bonchev–Trinajstić information content (AvgIpc) is 2.91. The number of unbranched alkanes of at least 4 members (excludes halogenated alkanes) is 17. The first kappa shape index (κ1) is 33.6. The Hall–Kier alpha value is -1.45. The quantitative estimate of drug-likeness (QED) is 0.0979. The smallest absolute Gasteiger partial charge is 0.472 e. The van der Waals surface area contributed by atoms with Crippen LogP contribution in [0.1, 0.15) is 135 Å². The van der Waals surface area contributed by atoms with E-state index in [0.717, 1.165) is 20.0 Å². The van der Waals surface area contributed by atoms with Crippen LogP contribution in [0.2, 0.25) is 0 Å². The molecule has 0 saturated carbocycles. The summed E-state index contributed by atoms with van der Waals surface area (Å²) in [5.41, 5.74) is 0.308. The third kappa shape index (κ3) is 19.3. The molecule has 0 aliphatic heterocycles. The maximum atomic E-state index is 11.7. The molecule has 37 heavy (non-hydrogen) atoms. The molecular weight excluding hydrogens is 487 g/mol. The van der Waals surface area contributed by atoms with Crippen LogP contribution in [-0.4, -0.2) is 29.7 Å². The fourth-order valence-electron chi connectivity index (χ4n) is 4.39. The maximum Gasteiger partial charge on any atom is 0.472 e. The lowest BCUT2D eigenvalue weighted by atomic mass is 10.0. The number of phosphoric acid groups is 1. The van der Waals surface area contributed by atoms with Crippen molar-refractivity contribution in [2.75, 3.05) is 13.7 Å². The highest BCUT2D eigenvalue weighted by Crippen LogP contribution is 2.42. The number of aromatic nitrogens is 1. The number of nitrogens with zero attached hydrogens (tertiary/aromatic N) is 2. The first-order valence-corrected chi connectivity index (χ1v) is 16.1. The van der Waals surface area contributed by atoms with Gasteiger partial charge in [0.2, 0.25) is 0 Å². The van der Waals surface area contributed by atoms with Crippen LogP contribution in [0.15, 0.2) is 18.3 Å². The molecule has 0 radical (unpaired) electrons. The Kier molecular flexibility index (Phi) is 20.4. The predicted octanol–water partition coefficient (Wildman–Crippen LogP) is 8.90. The summed E-state index contributed by atoms with van der Waals surface area (Å²) in [5.74, 6) is 0.500. The molecule has 7 nitrogen and oxygen atoms in total. The standard InChI is InChI=1S/C29H51N2O5P/c1-3-4-5-6-7-8-9-10-11-12-13-14-15-16-17-18-19-20-21-29(26-35-37(32,33)34-2)36-28-23-22-27(24-30)31-25-28/h22-23,25,29H,3-21,26H2,1-2H3,(H,32,33)/t29-/m1/s1. The second-order valence-electron chi connectivity index (χ2n) is 9.98. The Labute approximate surface area is 225 Å². The van der Waals surface area contributed by atoms with E-state index < -0.39 is 13.9 Å². The lowest BCUT2D eigenvalue weighted by Crippen LogP contribution is -2.23. The van der Waals surface area contributed by atoms with Crippen molar-refractivity contribution in [1.82, 2.24) is 4.98 Å². The summed E-state index contributed by atoms with van der Waals surface area (Å²) in [6, 6.07) is 5.22. The first-order chi connectivity index (χ1) is 18.0. The summed E-state index contributed by atoms with van der Waals surface area (Å²) in [6.45, 7) is 2.22. The van der Waals surface area contributed by atoms with Crippen molar-refractivity contribution in [3.05, 3.63) is 24.0 Å². The van der Waals surface area contributed by atoms with Crippen LogP contribution in [0.5, 0.6) is 5.75 Å². The summed E-state index contributed by atoms with van der Waals surface area (Å²) in [6.07, 6.45) is 25.6. The van der Waals surface area contributed by atoms with Crippen LogP contribution in [0.4, 0.5) is 0 Å². The van der Waals surface area contributed by atoms with Gasteiger partial charge in [0.05, 0.1) is 12.8 Å². The number of rotatable bonds is 25. The SMILES string of the molecule is CCCCCCCCCCCCCCCCCCCC[C@H](COP(=O)(O)OC)Oc1ccc(C#N)nc1. The van der Waals surface area contributed by atoms with E-state index in [1.807, 2.05) is 6.07 Å². The van der Waals surface area contributed by atoms with Gasteiger partial charge >= 0.3 is 7.82 Å². The van der Waals surface area contributed by atoms with Gasteiger partial charge in [0.15, 0.2) is 0 Å². The molecule has 0 aliphatic carbocycles. The lowest BCUT2D eigenvalue weighted by Gasteiger charge is -2.20. The van der Waals surface area contributed by atoms with E-state index in [0.29, 0.717) is 17.9 Å². The summed E-state index contributed by atoms with van der Waals surface area (Å²) < 4.78 is 27.1. The van der Waals surface area contributed by atoms with Gasteiger partial charge in [-0.1, -0.05) is 116 Å². The van der Waals surface area contributed by atoms with Crippen molar-refractivity contribution < 1.29 is 23.2 Å². The minimum Gasteiger partial charge on any atom is -0.486 e. The Balaban J connectivity index is 2.07. The van der Waals surface area contributed by atoms with Crippen molar-refractivity contribution in [3.63, 3.8) is 0 Å². The third-order valence-corrected chi connectivity index (χ3v) is 7.62. The molecule has 1 unspecified atom stereocenters. The highest BCUT2D eigenvalue weighted by molar-refractivity contribution is 7.47. The molecule has 0 aromatic carbocycles.